The van der Waals surface area contributed by atoms with Crippen LogP contribution in [0.2, 0.25) is 0 Å². The highest BCUT2D eigenvalue weighted by Crippen LogP contribution is 2.26. The lowest BCUT2D eigenvalue weighted by atomic mass is 9.84. The largest absolute Gasteiger partial charge is 0.340 e. The molecule has 14 heavy (non-hydrogen) atoms. The third kappa shape index (κ3) is 3.02. The van der Waals surface area contributed by atoms with Crippen molar-refractivity contribution in [1.82, 2.24) is 5.32 Å². The van der Waals surface area contributed by atoms with E-state index in [1.165, 1.54) is 19.3 Å². The summed E-state index contributed by atoms with van der Waals surface area (Å²) in [5.41, 5.74) is 0. The van der Waals surface area contributed by atoms with Crippen LogP contribution in [0, 0.1) is 17.2 Å². The van der Waals surface area contributed by atoms with E-state index in [9.17, 15) is 4.79 Å². The Kier molecular flexibility index (Phi) is 4.45. The van der Waals surface area contributed by atoms with Crippen molar-refractivity contribution in [2.75, 3.05) is 0 Å². The summed E-state index contributed by atoms with van der Waals surface area (Å²) in [6.07, 6.45) is 6.31. The van der Waals surface area contributed by atoms with Gasteiger partial charge in [0.25, 0.3) is 0 Å². The topological polar surface area (TPSA) is 52.9 Å². The molecule has 0 aromatic rings. The third-order valence-electron chi connectivity index (χ3n) is 2.90. The molecule has 1 aliphatic carbocycles. The normalized spacial score (nSPS) is 19.7. The molecule has 0 aromatic carbocycles. The van der Waals surface area contributed by atoms with Gasteiger partial charge in [-0.25, -0.2) is 0 Å². The zero-order valence-electron chi connectivity index (χ0n) is 8.75. The van der Waals surface area contributed by atoms with Gasteiger partial charge < -0.3 is 5.32 Å². The molecule has 0 aliphatic heterocycles. The van der Waals surface area contributed by atoms with Crippen LogP contribution in [0.1, 0.15) is 45.4 Å². The number of nitrogens with one attached hydrogen (secondary N) is 1. The van der Waals surface area contributed by atoms with Crippen molar-refractivity contribution < 1.29 is 4.79 Å². The Hall–Kier alpha value is -1.04. The van der Waals surface area contributed by atoms with Crippen LogP contribution in [-0.2, 0) is 4.79 Å². The zero-order chi connectivity index (χ0) is 10.4. The van der Waals surface area contributed by atoms with Crippen LogP contribution >= 0.6 is 0 Å². The molecule has 0 bridgehead atoms. The van der Waals surface area contributed by atoms with E-state index in [0.29, 0.717) is 12.3 Å². The molecule has 0 radical (unpaired) electrons. The van der Waals surface area contributed by atoms with Crippen molar-refractivity contribution in [2.24, 2.45) is 5.92 Å². The Labute approximate surface area is 85.5 Å². The van der Waals surface area contributed by atoms with Crippen molar-refractivity contribution in [3.8, 4) is 6.07 Å². The van der Waals surface area contributed by atoms with Crippen molar-refractivity contribution >= 4 is 5.91 Å². The molecule has 78 valence electrons. The zero-order valence-corrected chi connectivity index (χ0v) is 8.75. The summed E-state index contributed by atoms with van der Waals surface area (Å²) in [5.74, 6) is 0.367. The van der Waals surface area contributed by atoms with E-state index in [-0.39, 0.29) is 11.9 Å². The summed E-state index contributed by atoms with van der Waals surface area (Å²) in [6, 6.07) is 1.94. The average molecular weight is 194 g/mol. The highest BCUT2D eigenvalue weighted by Gasteiger charge is 2.24. The molecule has 0 saturated heterocycles. The second kappa shape index (κ2) is 5.64. The van der Waals surface area contributed by atoms with Gasteiger partial charge in [-0.3, -0.25) is 4.79 Å². The van der Waals surface area contributed by atoms with Crippen molar-refractivity contribution in [3.05, 3.63) is 0 Å². The van der Waals surface area contributed by atoms with Crippen LogP contribution in [-0.4, -0.2) is 11.9 Å². The van der Waals surface area contributed by atoms with Crippen molar-refractivity contribution in [2.45, 2.75) is 51.5 Å². The lowest BCUT2D eigenvalue weighted by molar-refractivity contribution is -0.121. The Morgan fingerprint density at radius 2 is 2.14 bits per heavy atom. The standard InChI is InChI=1S/C11H18N2O/c1-2-11(14)13-10(8-12)9-6-4-3-5-7-9/h9-10H,2-7H2,1H3,(H,13,14). The first-order valence-corrected chi connectivity index (χ1v) is 5.47. The van der Waals surface area contributed by atoms with Gasteiger partial charge in [0.1, 0.15) is 6.04 Å². The first-order chi connectivity index (χ1) is 6.77. The number of nitrogens with zero attached hydrogens (tertiary/aromatic N) is 1. The number of nitriles is 1. The minimum atomic E-state index is -0.261. The van der Waals surface area contributed by atoms with Gasteiger partial charge in [0, 0.05) is 6.42 Å². The molecule has 1 atom stereocenters. The minimum Gasteiger partial charge on any atom is -0.340 e. The maximum atomic E-state index is 11.2. The Bertz CT molecular complexity index is 226. The van der Waals surface area contributed by atoms with Gasteiger partial charge >= 0.3 is 0 Å². The lowest BCUT2D eigenvalue weighted by Crippen LogP contribution is -2.39. The van der Waals surface area contributed by atoms with E-state index in [1.807, 2.05) is 6.92 Å². The number of hydrogen-bond acceptors (Lipinski definition) is 2. The highest BCUT2D eigenvalue weighted by atomic mass is 16.1. The summed E-state index contributed by atoms with van der Waals surface area (Å²) < 4.78 is 0. The first kappa shape index (κ1) is 11.0. The minimum absolute atomic E-state index is 0.0119. The van der Waals surface area contributed by atoms with Crippen LogP contribution in [0.4, 0.5) is 0 Å². The fourth-order valence-corrected chi connectivity index (χ4v) is 2.00. The smallest absolute Gasteiger partial charge is 0.220 e. The second-order valence-electron chi connectivity index (χ2n) is 3.93. The number of hydrogen-bond donors (Lipinski definition) is 1. The quantitative estimate of drug-likeness (QED) is 0.747. The fourth-order valence-electron chi connectivity index (χ4n) is 2.00. The van der Waals surface area contributed by atoms with Gasteiger partial charge in [-0.05, 0) is 18.8 Å². The predicted molar refractivity (Wildman–Crippen MR) is 54.4 cm³/mol. The Balaban J connectivity index is 2.44. The molecule has 1 N–H and O–H groups in total. The molecule has 1 unspecified atom stereocenters. The number of carbonyl (C=O) groups excluding carboxylic acids is 1. The summed E-state index contributed by atoms with van der Waals surface area (Å²) >= 11 is 0. The van der Waals surface area contributed by atoms with Gasteiger partial charge in [-0.1, -0.05) is 26.2 Å². The number of rotatable bonds is 3. The molecule has 3 heteroatoms. The van der Waals surface area contributed by atoms with Crippen molar-refractivity contribution in [3.63, 3.8) is 0 Å². The van der Waals surface area contributed by atoms with Crippen LogP contribution in [0.5, 0.6) is 0 Å². The van der Waals surface area contributed by atoms with E-state index in [2.05, 4.69) is 11.4 Å². The summed E-state index contributed by atoms with van der Waals surface area (Å²) in [5, 5.41) is 11.7. The molecule has 1 fully saturated rings. The molecule has 0 heterocycles. The van der Waals surface area contributed by atoms with E-state index >= 15 is 0 Å². The van der Waals surface area contributed by atoms with Gasteiger partial charge in [0.05, 0.1) is 6.07 Å². The highest BCUT2D eigenvalue weighted by molar-refractivity contribution is 5.76. The molecule has 1 amide bonds. The molecular weight excluding hydrogens is 176 g/mol. The second-order valence-corrected chi connectivity index (χ2v) is 3.93. The number of amides is 1. The van der Waals surface area contributed by atoms with Crippen LogP contribution in [0.15, 0.2) is 0 Å². The monoisotopic (exact) mass is 194 g/mol. The van der Waals surface area contributed by atoms with E-state index in [4.69, 9.17) is 5.26 Å². The van der Waals surface area contributed by atoms with Gasteiger partial charge in [0.2, 0.25) is 5.91 Å². The first-order valence-electron chi connectivity index (χ1n) is 5.47. The van der Waals surface area contributed by atoms with E-state index in [1.54, 1.807) is 0 Å². The summed E-state index contributed by atoms with van der Waals surface area (Å²) in [4.78, 5) is 11.2. The summed E-state index contributed by atoms with van der Waals surface area (Å²) in [6.45, 7) is 1.81. The Morgan fingerprint density at radius 3 is 2.64 bits per heavy atom. The maximum Gasteiger partial charge on any atom is 0.220 e. The average Bonchev–Trinajstić information content (AvgIpc) is 2.26. The summed E-state index contributed by atoms with van der Waals surface area (Å²) in [7, 11) is 0. The fraction of sp³-hybridized carbons (Fsp3) is 0.818. The Morgan fingerprint density at radius 1 is 1.50 bits per heavy atom. The van der Waals surface area contributed by atoms with Crippen molar-refractivity contribution in [1.29, 1.82) is 5.26 Å². The molecule has 1 aliphatic rings. The molecule has 1 rings (SSSR count). The van der Waals surface area contributed by atoms with Gasteiger partial charge in [0.15, 0.2) is 0 Å². The molecule has 1 saturated carbocycles. The predicted octanol–water partition coefficient (Wildman–Crippen LogP) is 1.99. The molecule has 0 spiro atoms. The van der Waals surface area contributed by atoms with E-state index < -0.39 is 0 Å². The third-order valence-corrected chi connectivity index (χ3v) is 2.90. The number of carbonyl (C=O) groups is 1. The lowest BCUT2D eigenvalue weighted by Gasteiger charge is -2.26. The van der Waals surface area contributed by atoms with Crippen LogP contribution in [0.25, 0.3) is 0 Å². The van der Waals surface area contributed by atoms with Crippen LogP contribution in [0.3, 0.4) is 0 Å². The van der Waals surface area contributed by atoms with Gasteiger partial charge in [-0.2, -0.15) is 5.26 Å². The van der Waals surface area contributed by atoms with E-state index in [0.717, 1.165) is 12.8 Å². The van der Waals surface area contributed by atoms with Crippen LogP contribution < -0.4 is 5.32 Å². The SMILES string of the molecule is CCC(=O)NC(C#N)C1CCCCC1. The molecular formula is C11H18N2O. The maximum absolute atomic E-state index is 11.2. The molecule has 0 aromatic heterocycles. The van der Waals surface area contributed by atoms with Gasteiger partial charge in [-0.15, -0.1) is 0 Å². The molecule has 3 nitrogen and oxygen atoms in total.